The summed E-state index contributed by atoms with van der Waals surface area (Å²) in [5, 5.41) is 7.22. The summed E-state index contributed by atoms with van der Waals surface area (Å²) >= 11 is 6.09. The first-order valence-corrected chi connectivity index (χ1v) is 7.43. The molecule has 1 amide bonds. The third-order valence-electron chi connectivity index (χ3n) is 3.25. The van der Waals surface area contributed by atoms with Gasteiger partial charge in [-0.1, -0.05) is 48.8 Å². The van der Waals surface area contributed by atoms with Crippen molar-refractivity contribution in [3.05, 3.63) is 46.6 Å². The smallest absolute Gasteiger partial charge is 0.246 e. The van der Waals surface area contributed by atoms with Gasteiger partial charge in [-0.3, -0.25) is 4.79 Å². The quantitative estimate of drug-likeness (QED) is 0.847. The van der Waals surface area contributed by atoms with Gasteiger partial charge in [0.25, 0.3) is 0 Å². The molecule has 0 saturated carbocycles. The maximum atomic E-state index is 11.8. The summed E-state index contributed by atoms with van der Waals surface area (Å²) in [6.07, 6.45) is 0.475. The van der Waals surface area contributed by atoms with Crippen LogP contribution in [-0.2, 0) is 17.8 Å². The Labute approximate surface area is 134 Å². The molecular weight excluding hydrogens is 304 g/mol. The minimum absolute atomic E-state index is 0.0680. The maximum absolute atomic E-state index is 11.8. The molecule has 1 heterocycles. The van der Waals surface area contributed by atoms with E-state index in [1.807, 2.05) is 38.1 Å². The molecule has 1 aromatic carbocycles. The number of benzene rings is 1. The van der Waals surface area contributed by atoms with Crippen molar-refractivity contribution in [3.8, 4) is 0 Å². The highest BCUT2D eigenvalue weighted by molar-refractivity contribution is 6.31. The Bertz CT molecular complexity index is 642. The number of carbonyl (C=O) groups excluding carboxylic acids is 1. The molecule has 3 N–H and O–H groups in total. The summed E-state index contributed by atoms with van der Waals surface area (Å²) in [6, 6.07) is 6.93. The molecule has 1 aromatic heterocycles. The first-order valence-electron chi connectivity index (χ1n) is 7.05. The highest BCUT2D eigenvalue weighted by Gasteiger charge is 2.17. The predicted octanol–water partition coefficient (Wildman–Crippen LogP) is 1.91. The maximum Gasteiger partial charge on any atom is 0.246 e. The van der Waals surface area contributed by atoms with Crippen LogP contribution in [0, 0.1) is 5.92 Å². The normalized spacial score (nSPS) is 12.4. The molecular formula is C15H19ClN4O2. The molecule has 0 fully saturated rings. The second-order valence-electron chi connectivity index (χ2n) is 5.36. The number of rotatable bonds is 6. The molecule has 118 valence electrons. The number of nitrogens with two attached hydrogens (primary N) is 1. The minimum atomic E-state index is -0.550. The minimum Gasteiger partial charge on any atom is -0.346 e. The lowest BCUT2D eigenvalue weighted by molar-refractivity contribution is -0.123. The van der Waals surface area contributed by atoms with Crippen LogP contribution in [0.4, 0.5) is 0 Å². The highest BCUT2D eigenvalue weighted by atomic mass is 35.5. The Morgan fingerprint density at radius 3 is 2.82 bits per heavy atom. The number of amides is 1. The van der Waals surface area contributed by atoms with Gasteiger partial charge < -0.3 is 15.6 Å². The van der Waals surface area contributed by atoms with Crippen molar-refractivity contribution < 1.29 is 9.32 Å². The molecule has 0 spiro atoms. The first-order chi connectivity index (χ1) is 10.5. The van der Waals surface area contributed by atoms with Gasteiger partial charge in [0.2, 0.25) is 11.8 Å². The van der Waals surface area contributed by atoms with Gasteiger partial charge in [-0.2, -0.15) is 4.98 Å². The molecule has 0 saturated heterocycles. The van der Waals surface area contributed by atoms with E-state index < -0.39 is 6.04 Å². The SMILES string of the molecule is CC(C)[C@H](N)C(=O)NCc1nc(Cc2ccccc2Cl)no1. The van der Waals surface area contributed by atoms with Crippen molar-refractivity contribution in [1.29, 1.82) is 0 Å². The van der Waals surface area contributed by atoms with Crippen LogP contribution in [0.25, 0.3) is 0 Å². The number of nitrogens with one attached hydrogen (secondary N) is 1. The summed E-state index contributed by atoms with van der Waals surface area (Å²) < 4.78 is 5.11. The van der Waals surface area contributed by atoms with E-state index in [0.29, 0.717) is 23.2 Å². The lowest BCUT2D eigenvalue weighted by atomic mass is 10.1. The predicted molar refractivity (Wildman–Crippen MR) is 83.2 cm³/mol. The van der Waals surface area contributed by atoms with E-state index in [-0.39, 0.29) is 18.4 Å². The van der Waals surface area contributed by atoms with Gasteiger partial charge in [0, 0.05) is 11.4 Å². The average Bonchev–Trinajstić information content (AvgIpc) is 2.94. The highest BCUT2D eigenvalue weighted by Crippen LogP contribution is 2.17. The standard InChI is InChI=1S/C15H19ClN4O2/c1-9(2)14(17)15(21)18-8-13-19-12(20-22-13)7-10-5-3-4-6-11(10)16/h3-6,9,14H,7-8,17H2,1-2H3,(H,18,21)/t14-/m0/s1. The fourth-order valence-electron chi connectivity index (χ4n) is 1.83. The van der Waals surface area contributed by atoms with Crippen LogP contribution in [0.5, 0.6) is 0 Å². The van der Waals surface area contributed by atoms with Crippen LogP contribution in [0.15, 0.2) is 28.8 Å². The number of halogens is 1. The molecule has 2 rings (SSSR count). The van der Waals surface area contributed by atoms with Gasteiger partial charge in [-0.25, -0.2) is 0 Å². The second kappa shape index (κ2) is 7.38. The molecule has 0 aliphatic carbocycles. The zero-order valence-corrected chi connectivity index (χ0v) is 13.3. The molecule has 22 heavy (non-hydrogen) atoms. The number of carbonyl (C=O) groups is 1. The van der Waals surface area contributed by atoms with E-state index in [9.17, 15) is 4.79 Å². The topological polar surface area (TPSA) is 94.0 Å². The molecule has 0 aliphatic heterocycles. The summed E-state index contributed by atoms with van der Waals surface area (Å²) in [7, 11) is 0. The number of nitrogens with zero attached hydrogens (tertiary/aromatic N) is 2. The lowest BCUT2D eigenvalue weighted by Gasteiger charge is -2.14. The van der Waals surface area contributed by atoms with Crippen molar-refractivity contribution in [1.82, 2.24) is 15.5 Å². The monoisotopic (exact) mass is 322 g/mol. The molecule has 0 unspecified atom stereocenters. The van der Waals surface area contributed by atoms with Gasteiger partial charge in [0.1, 0.15) is 0 Å². The van der Waals surface area contributed by atoms with Gasteiger partial charge >= 0.3 is 0 Å². The lowest BCUT2D eigenvalue weighted by Crippen LogP contribution is -2.43. The van der Waals surface area contributed by atoms with E-state index >= 15 is 0 Å². The van der Waals surface area contributed by atoms with Crippen LogP contribution < -0.4 is 11.1 Å². The van der Waals surface area contributed by atoms with E-state index in [2.05, 4.69) is 15.5 Å². The van der Waals surface area contributed by atoms with E-state index in [0.717, 1.165) is 5.56 Å². The molecule has 0 aliphatic rings. The van der Waals surface area contributed by atoms with Crippen LogP contribution in [0.1, 0.15) is 31.1 Å². The van der Waals surface area contributed by atoms with Crippen molar-refractivity contribution in [2.45, 2.75) is 32.9 Å². The van der Waals surface area contributed by atoms with Gasteiger partial charge in [-0.05, 0) is 17.5 Å². The molecule has 0 bridgehead atoms. The van der Waals surface area contributed by atoms with Gasteiger partial charge in [0.05, 0.1) is 12.6 Å². The third-order valence-corrected chi connectivity index (χ3v) is 3.62. The Morgan fingerprint density at radius 2 is 2.14 bits per heavy atom. The molecule has 0 radical (unpaired) electrons. The van der Waals surface area contributed by atoms with Crippen LogP contribution in [0.3, 0.4) is 0 Å². The second-order valence-corrected chi connectivity index (χ2v) is 5.77. The zero-order valence-electron chi connectivity index (χ0n) is 12.5. The number of aromatic nitrogens is 2. The van der Waals surface area contributed by atoms with Crippen molar-refractivity contribution in [2.24, 2.45) is 11.7 Å². The number of hydrogen-bond donors (Lipinski definition) is 2. The Hall–Kier alpha value is -1.92. The summed E-state index contributed by atoms with van der Waals surface area (Å²) in [5.74, 6) is 0.691. The largest absolute Gasteiger partial charge is 0.346 e. The fourth-order valence-corrected chi connectivity index (χ4v) is 2.03. The Kier molecular flexibility index (Phi) is 5.51. The van der Waals surface area contributed by atoms with Crippen LogP contribution in [-0.4, -0.2) is 22.1 Å². The van der Waals surface area contributed by atoms with E-state index in [1.165, 1.54) is 0 Å². The van der Waals surface area contributed by atoms with Crippen molar-refractivity contribution >= 4 is 17.5 Å². The Morgan fingerprint density at radius 1 is 1.41 bits per heavy atom. The summed E-state index contributed by atoms with van der Waals surface area (Å²) in [6.45, 7) is 3.94. The molecule has 7 heteroatoms. The van der Waals surface area contributed by atoms with Crippen molar-refractivity contribution in [2.75, 3.05) is 0 Å². The summed E-state index contributed by atoms with van der Waals surface area (Å²) in [4.78, 5) is 16.0. The average molecular weight is 323 g/mol. The molecule has 6 nitrogen and oxygen atoms in total. The molecule has 2 aromatic rings. The Balaban J connectivity index is 1.92. The van der Waals surface area contributed by atoms with Gasteiger partial charge in [0.15, 0.2) is 5.82 Å². The van der Waals surface area contributed by atoms with E-state index in [1.54, 1.807) is 0 Å². The van der Waals surface area contributed by atoms with Crippen molar-refractivity contribution in [3.63, 3.8) is 0 Å². The van der Waals surface area contributed by atoms with Crippen LogP contribution in [0.2, 0.25) is 5.02 Å². The first kappa shape index (κ1) is 16.5. The summed E-state index contributed by atoms with van der Waals surface area (Å²) in [5.41, 5.74) is 6.67. The zero-order chi connectivity index (χ0) is 16.1. The van der Waals surface area contributed by atoms with Crippen LogP contribution >= 0.6 is 11.6 Å². The third kappa shape index (κ3) is 4.29. The van der Waals surface area contributed by atoms with E-state index in [4.69, 9.17) is 21.9 Å². The molecule has 1 atom stereocenters. The fraction of sp³-hybridized carbons (Fsp3) is 0.400. The number of hydrogen-bond acceptors (Lipinski definition) is 5. The van der Waals surface area contributed by atoms with Gasteiger partial charge in [-0.15, -0.1) is 0 Å².